The smallest absolute Gasteiger partial charge is 0.223 e. The Balaban J connectivity index is 1.78. The van der Waals surface area contributed by atoms with Gasteiger partial charge in [0.05, 0.1) is 0 Å². The first-order valence-electron chi connectivity index (χ1n) is 6.62. The van der Waals surface area contributed by atoms with Crippen molar-refractivity contribution in [2.45, 2.75) is 38.5 Å². The number of thiocarbonyl (C=S) groups is 1. The summed E-state index contributed by atoms with van der Waals surface area (Å²) in [6.45, 7) is 0.922. The van der Waals surface area contributed by atoms with Gasteiger partial charge in [0, 0.05) is 12.7 Å². The predicted octanol–water partition coefficient (Wildman–Crippen LogP) is 2.49. The molecule has 5 heteroatoms. The van der Waals surface area contributed by atoms with Gasteiger partial charge in [-0.2, -0.15) is 0 Å². The van der Waals surface area contributed by atoms with E-state index in [-0.39, 0.29) is 0 Å². The summed E-state index contributed by atoms with van der Waals surface area (Å²) in [5.74, 6) is 1.49. The normalized spacial score (nSPS) is 16.4. The molecule has 0 amide bonds. The second-order valence-corrected chi connectivity index (χ2v) is 5.29. The fourth-order valence-corrected chi connectivity index (χ4v) is 2.56. The molecule has 98 valence electrons. The third kappa shape index (κ3) is 3.91. The molecule has 0 aromatic carbocycles. The fourth-order valence-electron chi connectivity index (χ4n) is 2.45. The van der Waals surface area contributed by atoms with E-state index < -0.39 is 0 Å². The van der Waals surface area contributed by atoms with Crippen LogP contribution in [0.25, 0.3) is 0 Å². The molecule has 3 N–H and O–H groups in total. The zero-order valence-corrected chi connectivity index (χ0v) is 11.4. The Morgan fingerprint density at radius 1 is 1.39 bits per heavy atom. The Bertz CT molecular complexity index is 402. The van der Waals surface area contributed by atoms with Gasteiger partial charge in [-0.15, -0.1) is 0 Å². The maximum Gasteiger partial charge on any atom is 0.223 e. The molecule has 1 fully saturated rings. The zero-order chi connectivity index (χ0) is 12.8. The van der Waals surface area contributed by atoms with Crippen LogP contribution in [0, 0.1) is 5.92 Å². The summed E-state index contributed by atoms with van der Waals surface area (Å²) < 4.78 is 0. The second-order valence-electron chi connectivity index (χ2n) is 4.85. The van der Waals surface area contributed by atoms with E-state index in [2.05, 4.69) is 15.3 Å². The van der Waals surface area contributed by atoms with Crippen molar-refractivity contribution in [1.29, 1.82) is 0 Å². The number of anilines is 1. The van der Waals surface area contributed by atoms with Crippen molar-refractivity contribution in [1.82, 2.24) is 9.97 Å². The lowest BCUT2D eigenvalue weighted by molar-refractivity contribution is 0.345. The van der Waals surface area contributed by atoms with E-state index in [0.717, 1.165) is 12.5 Å². The van der Waals surface area contributed by atoms with Crippen molar-refractivity contribution in [2.24, 2.45) is 11.7 Å². The van der Waals surface area contributed by atoms with Gasteiger partial charge >= 0.3 is 0 Å². The molecule has 4 nitrogen and oxygen atoms in total. The molecule has 0 saturated heterocycles. The molecule has 0 spiro atoms. The number of nitrogens with one attached hydrogen (secondary N) is 1. The van der Waals surface area contributed by atoms with Crippen LogP contribution in [0.4, 0.5) is 5.95 Å². The number of hydrogen-bond acceptors (Lipinski definition) is 4. The average Bonchev–Trinajstić information content (AvgIpc) is 2.40. The van der Waals surface area contributed by atoms with Crippen molar-refractivity contribution in [2.75, 3.05) is 11.9 Å². The molecule has 18 heavy (non-hydrogen) atoms. The van der Waals surface area contributed by atoms with E-state index >= 15 is 0 Å². The summed E-state index contributed by atoms with van der Waals surface area (Å²) >= 11 is 4.90. The molecule has 0 aliphatic heterocycles. The van der Waals surface area contributed by atoms with Crippen LogP contribution in [0.3, 0.4) is 0 Å². The summed E-state index contributed by atoms with van der Waals surface area (Å²) in [5.41, 5.74) is 6.17. The molecule has 0 atom stereocenters. The number of aromatic nitrogens is 2. The van der Waals surface area contributed by atoms with Gasteiger partial charge in [0.2, 0.25) is 5.95 Å². The molecule has 0 unspecified atom stereocenters. The molecule has 0 bridgehead atoms. The van der Waals surface area contributed by atoms with Crippen LogP contribution in [0.15, 0.2) is 12.3 Å². The van der Waals surface area contributed by atoms with Gasteiger partial charge in [0.1, 0.15) is 10.7 Å². The second kappa shape index (κ2) is 6.64. The van der Waals surface area contributed by atoms with Crippen LogP contribution in [0.1, 0.15) is 44.2 Å². The minimum atomic E-state index is 0.313. The van der Waals surface area contributed by atoms with Crippen molar-refractivity contribution in [3.8, 4) is 0 Å². The summed E-state index contributed by atoms with van der Waals surface area (Å²) in [6.07, 6.45) is 9.80. The monoisotopic (exact) mass is 264 g/mol. The minimum Gasteiger partial charge on any atom is -0.388 e. The molecule has 1 aliphatic rings. The highest BCUT2D eigenvalue weighted by molar-refractivity contribution is 7.80. The largest absolute Gasteiger partial charge is 0.388 e. The Morgan fingerprint density at radius 3 is 2.89 bits per heavy atom. The lowest BCUT2D eigenvalue weighted by atomic mass is 9.87. The quantitative estimate of drug-likeness (QED) is 0.800. The van der Waals surface area contributed by atoms with Gasteiger partial charge in [-0.05, 0) is 18.4 Å². The third-order valence-corrected chi connectivity index (χ3v) is 3.68. The number of hydrogen-bond donors (Lipinski definition) is 2. The standard InChI is InChI=1S/C13H20N4S/c14-12(18)11-7-9-16-13(17-11)15-8-6-10-4-2-1-3-5-10/h7,9-10H,1-6,8H2,(H2,14,18)(H,15,16,17). The van der Waals surface area contributed by atoms with Crippen LogP contribution in [0.2, 0.25) is 0 Å². The molecular formula is C13H20N4S. The van der Waals surface area contributed by atoms with Crippen LogP contribution < -0.4 is 11.1 Å². The van der Waals surface area contributed by atoms with E-state index in [1.54, 1.807) is 12.3 Å². The van der Waals surface area contributed by atoms with Crippen molar-refractivity contribution in [3.63, 3.8) is 0 Å². The summed E-state index contributed by atoms with van der Waals surface area (Å²) in [7, 11) is 0. The molecule has 1 aromatic rings. The topological polar surface area (TPSA) is 63.8 Å². The Labute approximate surface area is 113 Å². The van der Waals surface area contributed by atoms with E-state index in [1.165, 1.54) is 38.5 Å². The van der Waals surface area contributed by atoms with E-state index in [0.29, 0.717) is 16.6 Å². The average molecular weight is 264 g/mol. The van der Waals surface area contributed by atoms with Gasteiger partial charge in [-0.3, -0.25) is 0 Å². The highest BCUT2D eigenvalue weighted by atomic mass is 32.1. The molecule has 1 heterocycles. The highest BCUT2D eigenvalue weighted by Crippen LogP contribution is 2.25. The third-order valence-electron chi connectivity index (χ3n) is 3.47. The van der Waals surface area contributed by atoms with Gasteiger partial charge in [0.25, 0.3) is 0 Å². The lowest BCUT2D eigenvalue weighted by Gasteiger charge is -2.21. The molecular weight excluding hydrogens is 244 g/mol. The number of rotatable bonds is 5. The van der Waals surface area contributed by atoms with Crippen LogP contribution in [0.5, 0.6) is 0 Å². The van der Waals surface area contributed by atoms with Gasteiger partial charge in [-0.1, -0.05) is 44.3 Å². The SMILES string of the molecule is NC(=S)c1ccnc(NCCC2CCCCC2)n1. The maximum absolute atomic E-state index is 5.54. The van der Waals surface area contributed by atoms with Crippen LogP contribution in [-0.2, 0) is 0 Å². The highest BCUT2D eigenvalue weighted by Gasteiger charge is 2.12. The van der Waals surface area contributed by atoms with Crippen LogP contribution in [-0.4, -0.2) is 21.5 Å². The lowest BCUT2D eigenvalue weighted by Crippen LogP contribution is -2.16. The summed E-state index contributed by atoms with van der Waals surface area (Å²) in [6, 6.07) is 1.73. The molecule has 1 aliphatic carbocycles. The minimum absolute atomic E-state index is 0.313. The number of nitrogens with zero attached hydrogens (tertiary/aromatic N) is 2. The van der Waals surface area contributed by atoms with E-state index in [9.17, 15) is 0 Å². The van der Waals surface area contributed by atoms with Crippen molar-refractivity contribution >= 4 is 23.2 Å². The number of nitrogens with two attached hydrogens (primary N) is 1. The predicted molar refractivity (Wildman–Crippen MR) is 77.6 cm³/mol. The Kier molecular flexibility index (Phi) is 4.87. The maximum atomic E-state index is 5.54. The van der Waals surface area contributed by atoms with Crippen molar-refractivity contribution in [3.05, 3.63) is 18.0 Å². The first-order valence-corrected chi connectivity index (χ1v) is 7.03. The first kappa shape index (κ1) is 13.2. The van der Waals surface area contributed by atoms with Gasteiger partial charge < -0.3 is 11.1 Å². The van der Waals surface area contributed by atoms with Gasteiger partial charge in [-0.25, -0.2) is 9.97 Å². The van der Waals surface area contributed by atoms with Crippen molar-refractivity contribution < 1.29 is 0 Å². The van der Waals surface area contributed by atoms with Gasteiger partial charge in [0.15, 0.2) is 0 Å². The molecule has 1 saturated carbocycles. The van der Waals surface area contributed by atoms with Crippen LogP contribution >= 0.6 is 12.2 Å². The van der Waals surface area contributed by atoms with E-state index in [4.69, 9.17) is 18.0 Å². The van der Waals surface area contributed by atoms with E-state index in [1.807, 2.05) is 0 Å². The molecule has 0 radical (unpaired) electrons. The Morgan fingerprint density at radius 2 is 2.17 bits per heavy atom. The summed E-state index contributed by atoms with van der Waals surface area (Å²) in [5, 5.41) is 3.25. The molecule has 2 rings (SSSR count). The Hall–Kier alpha value is -1.23. The summed E-state index contributed by atoms with van der Waals surface area (Å²) in [4.78, 5) is 8.75. The first-order chi connectivity index (χ1) is 8.75. The fraction of sp³-hybridized carbons (Fsp3) is 0.615. The zero-order valence-electron chi connectivity index (χ0n) is 10.6. The molecule has 1 aromatic heterocycles.